The molecule has 1 unspecified atom stereocenters. The van der Waals surface area contributed by atoms with E-state index in [4.69, 9.17) is 9.68 Å². The molecule has 1 aromatic carbocycles. The van der Waals surface area contributed by atoms with Gasteiger partial charge in [0.2, 0.25) is 5.91 Å². The van der Waals surface area contributed by atoms with E-state index in [9.17, 15) is 4.79 Å². The monoisotopic (exact) mass is 356 g/mol. The topological polar surface area (TPSA) is 91.8 Å². The molecule has 0 saturated carbocycles. The molecule has 120 valence electrons. The summed E-state index contributed by atoms with van der Waals surface area (Å²) in [5, 5.41) is 21.4. The second-order valence-corrected chi connectivity index (χ2v) is 7.03. The molecule has 0 bridgehead atoms. The van der Waals surface area contributed by atoms with Crippen LogP contribution in [0.5, 0.6) is 0 Å². The van der Waals surface area contributed by atoms with E-state index in [1.54, 1.807) is 31.2 Å². The quantitative estimate of drug-likeness (QED) is 0.699. The summed E-state index contributed by atoms with van der Waals surface area (Å²) in [4.78, 5) is 13.1. The van der Waals surface area contributed by atoms with E-state index in [1.165, 1.54) is 23.1 Å². The highest BCUT2D eigenvalue weighted by Crippen LogP contribution is 2.28. The Morgan fingerprint density at radius 3 is 3.00 bits per heavy atom. The van der Waals surface area contributed by atoms with Gasteiger partial charge in [-0.3, -0.25) is 4.79 Å². The van der Waals surface area contributed by atoms with Crippen LogP contribution in [0.1, 0.15) is 12.5 Å². The molecule has 3 aromatic rings. The number of rotatable bonds is 5. The predicted octanol–water partition coefficient (Wildman–Crippen LogP) is 3.79. The van der Waals surface area contributed by atoms with Crippen LogP contribution in [-0.2, 0) is 4.79 Å². The van der Waals surface area contributed by atoms with Gasteiger partial charge in [-0.05, 0) is 36.6 Å². The molecule has 2 heterocycles. The minimum Gasteiger partial charge on any atom is -0.410 e. The van der Waals surface area contributed by atoms with Gasteiger partial charge < -0.3 is 9.73 Å². The van der Waals surface area contributed by atoms with Crippen LogP contribution in [0.4, 0.5) is 5.69 Å². The van der Waals surface area contributed by atoms with Crippen LogP contribution in [-0.4, -0.2) is 21.4 Å². The van der Waals surface area contributed by atoms with Crippen molar-refractivity contribution >= 4 is 34.7 Å². The third-order valence-corrected chi connectivity index (χ3v) is 4.84. The van der Waals surface area contributed by atoms with Crippen molar-refractivity contribution in [1.29, 1.82) is 5.26 Å². The number of nitriles is 1. The fourth-order valence-electron chi connectivity index (χ4n) is 1.87. The molecule has 6 nitrogen and oxygen atoms in total. The maximum atomic E-state index is 12.2. The Morgan fingerprint density at radius 2 is 2.25 bits per heavy atom. The fraction of sp³-hybridized carbons (Fsp3) is 0.125. The van der Waals surface area contributed by atoms with E-state index in [1.807, 2.05) is 23.6 Å². The summed E-state index contributed by atoms with van der Waals surface area (Å²) in [7, 11) is 0. The normalized spacial score (nSPS) is 11.7. The number of anilines is 1. The molecule has 0 aliphatic heterocycles. The van der Waals surface area contributed by atoms with Gasteiger partial charge in [-0.25, -0.2) is 0 Å². The van der Waals surface area contributed by atoms with Gasteiger partial charge in [-0.15, -0.1) is 21.5 Å². The molecule has 0 fully saturated rings. The number of hydrogen-bond acceptors (Lipinski definition) is 7. The molecule has 1 amide bonds. The molecule has 0 saturated heterocycles. The fourth-order valence-corrected chi connectivity index (χ4v) is 3.20. The summed E-state index contributed by atoms with van der Waals surface area (Å²) in [6.45, 7) is 1.75. The highest BCUT2D eigenvalue weighted by atomic mass is 32.2. The molecular formula is C16H12N4O2S2. The van der Waals surface area contributed by atoms with Crippen LogP contribution in [0.15, 0.2) is 51.4 Å². The number of carbonyl (C=O) groups is 1. The first-order valence-electron chi connectivity index (χ1n) is 7.01. The van der Waals surface area contributed by atoms with E-state index >= 15 is 0 Å². The van der Waals surface area contributed by atoms with Crippen molar-refractivity contribution in [3.8, 4) is 16.8 Å². The summed E-state index contributed by atoms with van der Waals surface area (Å²) < 4.78 is 5.56. The van der Waals surface area contributed by atoms with Crippen molar-refractivity contribution in [2.45, 2.75) is 17.4 Å². The SMILES string of the molecule is CC(Sc1nnc(-c2cccs2)o1)C(=O)Nc1cccc(C#N)c1. The lowest BCUT2D eigenvalue weighted by Gasteiger charge is -2.09. The molecule has 0 aliphatic carbocycles. The van der Waals surface area contributed by atoms with Crippen LogP contribution < -0.4 is 5.32 Å². The summed E-state index contributed by atoms with van der Waals surface area (Å²) in [6.07, 6.45) is 0. The Kier molecular flexibility index (Phi) is 4.93. The lowest BCUT2D eigenvalue weighted by Crippen LogP contribution is -2.22. The van der Waals surface area contributed by atoms with E-state index in [0.717, 1.165) is 4.88 Å². The van der Waals surface area contributed by atoms with Gasteiger partial charge >= 0.3 is 0 Å². The highest BCUT2D eigenvalue weighted by molar-refractivity contribution is 8.00. The maximum Gasteiger partial charge on any atom is 0.277 e. The molecule has 1 atom stereocenters. The summed E-state index contributed by atoms with van der Waals surface area (Å²) in [5.74, 6) is 0.243. The standard InChI is InChI=1S/C16H12N4O2S2/c1-10(14(21)18-12-5-2-4-11(8-12)9-17)24-16-20-19-15(22-16)13-6-3-7-23-13/h2-8,10H,1H3,(H,18,21). The first-order chi connectivity index (χ1) is 11.7. The summed E-state index contributed by atoms with van der Waals surface area (Å²) >= 11 is 2.69. The Morgan fingerprint density at radius 1 is 1.38 bits per heavy atom. The van der Waals surface area contributed by atoms with Crippen LogP contribution >= 0.6 is 23.1 Å². The van der Waals surface area contributed by atoms with Crippen LogP contribution in [0.2, 0.25) is 0 Å². The zero-order valence-electron chi connectivity index (χ0n) is 12.6. The van der Waals surface area contributed by atoms with Gasteiger partial charge in [-0.2, -0.15) is 5.26 Å². The number of nitrogens with one attached hydrogen (secondary N) is 1. The van der Waals surface area contributed by atoms with Gasteiger partial charge in [0.05, 0.1) is 21.8 Å². The molecule has 3 rings (SSSR count). The molecule has 8 heteroatoms. The van der Waals surface area contributed by atoms with E-state index in [0.29, 0.717) is 22.4 Å². The molecular weight excluding hydrogens is 344 g/mol. The van der Waals surface area contributed by atoms with Gasteiger partial charge in [-0.1, -0.05) is 23.9 Å². The average molecular weight is 356 g/mol. The van der Waals surface area contributed by atoms with Crippen molar-refractivity contribution in [1.82, 2.24) is 10.2 Å². The van der Waals surface area contributed by atoms with Crippen LogP contribution in [0, 0.1) is 11.3 Å². The molecule has 1 N–H and O–H groups in total. The third-order valence-electron chi connectivity index (χ3n) is 3.04. The zero-order valence-corrected chi connectivity index (χ0v) is 14.2. The number of thiophene rings is 1. The first kappa shape index (κ1) is 16.2. The number of carbonyl (C=O) groups excluding carboxylic acids is 1. The Hall–Kier alpha value is -2.63. The summed E-state index contributed by atoms with van der Waals surface area (Å²) in [6, 6.07) is 12.6. The van der Waals surface area contributed by atoms with E-state index < -0.39 is 5.25 Å². The Bertz CT molecular complexity index is 884. The minimum absolute atomic E-state index is 0.203. The predicted molar refractivity (Wildman–Crippen MR) is 92.7 cm³/mol. The number of nitrogens with zero attached hydrogens (tertiary/aromatic N) is 3. The lowest BCUT2D eigenvalue weighted by atomic mass is 10.2. The largest absolute Gasteiger partial charge is 0.410 e. The number of thioether (sulfide) groups is 1. The van der Waals surface area contributed by atoms with Crippen molar-refractivity contribution in [3.63, 3.8) is 0 Å². The number of aromatic nitrogens is 2. The molecule has 2 aromatic heterocycles. The molecule has 0 radical (unpaired) electrons. The van der Waals surface area contributed by atoms with Gasteiger partial charge in [0.1, 0.15) is 0 Å². The Balaban J connectivity index is 1.63. The van der Waals surface area contributed by atoms with Crippen molar-refractivity contribution < 1.29 is 9.21 Å². The molecule has 0 aliphatic rings. The van der Waals surface area contributed by atoms with Crippen molar-refractivity contribution in [2.75, 3.05) is 5.32 Å². The van der Waals surface area contributed by atoms with Gasteiger partial charge in [0, 0.05) is 5.69 Å². The Labute approximate surface area is 146 Å². The van der Waals surface area contributed by atoms with Crippen LogP contribution in [0.3, 0.4) is 0 Å². The van der Waals surface area contributed by atoms with Crippen LogP contribution in [0.25, 0.3) is 10.8 Å². The highest BCUT2D eigenvalue weighted by Gasteiger charge is 2.19. The number of benzene rings is 1. The summed E-state index contributed by atoms with van der Waals surface area (Å²) in [5.41, 5.74) is 1.07. The zero-order chi connectivity index (χ0) is 16.9. The second kappa shape index (κ2) is 7.29. The van der Waals surface area contributed by atoms with Crippen molar-refractivity contribution in [2.24, 2.45) is 0 Å². The third kappa shape index (κ3) is 3.82. The van der Waals surface area contributed by atoms with Gasteiger partial charge in [0.25, 0.3) is 11.1 Å². The average Bonchev–Trinajstić information content (AvgIpc) is 3.26. The smallest absolute Gasteiger partial charge is 0.277 e. The molecule has 0 spiro atoms. The van der Waals surface area contributed by atoms with Gasteiger partial charge in [0.15, 0.2) is 0 Å². The number of hydrogen-bond donors (Lipinski definition) is 1. The minimum atomic E-state index is -0.424. The van der Waals surface area contributed by atoms with Crippen molar-refractivity contribution in [3.05, 3.63) is 47.3 Å². The lowest BCUT2D eigenvalue weighted by molar-refractivity contribution is -0.115. The maximum absolute atomic E-state index is 12.2. The second-order valence-electron chi connectivity index (χ2n) is 4.79. The first-order valence-corrected chi connectivity index (χ1v) is 8.76. The van der Waals surface area contributed by atoms with E-state index in [-0.39, 0.29) is 5.91 Å². The number of amides is 1. The van der Waals surface area contributed by atoms with E-state index in [2.05, 4.69) is 15.5 Å². The molecule has 24 heavy (non-hydrogen) atoms.